The molecule has 51 heavy (non-hydrogen) atoms. The standard InChI is InChI=1S/C47H30N2O2/c1-5-15-31(16-6-1)39-30-40(49-46(48-39)32-17-7-2-8-18-32)33-25-27-41-43(29-33)51-45-42(50-41)28-26-38-44(45)36-23-13-14-24-37(36)47(38,34-19-9-3-10-20-34)35-21-11-4-12-22-35/h1-30H. The lowest BCUT2D eigenvalue weighted by atomic mass is 9.68. The fourth-order valence-corrected chi connectivity index (χ4v) is 7.79. The third-order valence-electron chi connectivity index (χ3n) is 10.0. The van der Waals surface area contributed by atoms with Crippen LogP contribution in [0, 0.1) is 0 Å². The van der Waals surface area contributed by atoms with Crippen LogP contribution in [0.4, 0.5) is 0 Å². The average Bonchev–Trinajstić information content (AvgIpc) is 3.52. The Hall–Kier alpha value is -6.78. The first-order chi connectivity index (χ1) is 25.3. The van der Waals surface area contributed by atoms with Crippen molar-refractivity contribution in [1.82, 2.24) is 9.97 Å². The van der Waals surface area contributed by atoms with Gasteiger partial charge in [0.1, 0.15) is 0 Å². The number of benzene rings is 7. The Labute approximate surface area is 296 Å². The zero-order valence-corrected chi connectivity index (χ0v) is 27.5. The van der Waals surface area contributed by atoms with Gasteiger partial charge in [-0.25, -0.2) is 9.97 Å². The molecule has 4 heteroatoms. The van der Waals surface area contributed by atoms with Gasteiger partial charge in [0, 0.05) is 22.3 Å². The van der Waals surface area contributed by atoms with Gasteiger partial charge in [0.15, 0.2) is 28.8 Å². The highest BCUT2D eigenvalue weighted by atomic mass is 16.6. The summed E-state index contributed by atoms with van der Waals surface area (Å²) >= 11 is 0. The molecule has 0 amide bonds. The third kappa shape index (κ3) is 4.61. The summed E-state index contributed by atoms with van der Waals surface area (Å²) in [7, 11) is 0. The molecule has 0 unspecified atom stereocenters. The summed E-state index contributed by atoms with van der Waals surface area (Å²) in [6, 6.07) is 62.9. The molecular formula is C47H30N2O2. The molecule has 0 fully saturated rings. The monoisotopic (exact) mass is 654 g/mol. The van der Waals surface area contributed by atoms with Gasteiger partial charge in [0.05, 0.1) is 16.8 Å². The van der Waals surface area contributed by atoms with Gasteiger partial charge in [-0.2, -0.15) is 0 Å². The normalized spacial score (nSPS) is 13.2. The number of hydrogen-bond acceptors (Lipinski definition) is 4. The average molecular weight is 655 g/mol. The maximum atomic E-state index is 6.97. The second-order valence-electron chi connectivity index (χ2n) is 12.9. The van der Waals surface area contributed by atoms with Gasteiger partial charge in [-0.15, -0.1) is 0 Å². The van der Waals surface area contributed by atoms with Crippen molar-refractivity contribution < 1.29 is 9.47 Å². The summed E-state index contributed by atoms with van der Waals surface area (Å²) in [5.41, 5.74) is 11.0. The van der Waals surface area contributed by atoms with Crippen LogP contribution in [0.15, 0.2) is 182 Å². The van der Waals surface area contributed by atoms with Crippen molar-refractivity contribution in [2.45, 2.75) is 5.41 Å². The van der Waals surface area contributed by atoms with Crippen molar-refractivity contribution >= 4 is 0 Å². The highest BCUT2D eigenvalue weighted by Gasteiger charge is 2.48. The Kier molecular flexibility index (Phi) is 6.68. The quantitative estimate of drug-likeness (QED) is 0.185. The molecule has 2 heterocycles. The minimum atomic E-state index is -0.530. The van der Waals surface area contributed by atoms with Crippen LogP contribution < -0.4 is 9.47 Å². The van der Waals surface area contributed by atoms with Crippen molar-refractivity contribution in [2.24, 2.45) is 0 Å². The van der Waals surface area contributed by atoms with E-state index in [1.165, 1.54) is 22.3 Å². The summed E-state index contributed by atoms with van der Waals surface area (Å²) in [6.45, 7) is 0. The second-order valence-corrected chi connectivity index (χ2v) is 12.9. The van der Waals surface area contributed by atoms with Crippen LogP contribution >= 0.6 is 0 Å². The Balaban J connectivity index is 1.14. The molecule has 0 radical (unpaired) electrons. The molecule has 7 aromatic carbocycles. The smallest absolute Gasteiger partial charge is 0.178 e. The van der Waals surface area contributed by atoms with Crippen LogP contribution in [-0.2, 0) is 5.41 Å². The Morgan fingerprint density at radius 3 is 1.65 bits per heavy atom. The molecule has 1 aliphatic heterocycles. The number of nitrogens with zero attached hydrogens (tertiary/aromatic N) is 2. The number of ether oxygens (including phenoxy) is 2. The summed E-state index contributed by atoms with van der Waals surface area (Å²) in [5.74, 6) is 3.38. The van der Waals surface area contributed by atoms with Crippen molar-refractivity contribution in [3.05, 3.63) is 204 Å². The van der Waals surface area contributed by atoms with E-state index in [0.717, 1.165) is 45.0 Å². The van der Waals surface area contributed by atoms with Crippen molar-refractivity contribution in [1.29, 1.82) is 0 Å². The first-order valence-corrected chi connectivity index (χ1v) is 17.2. The minimum absolute atomic E-state index is 0.530. The van der Waals surface area contributed by atoms with E-state index in [0.29, 0.717) is 23.1 Å². The zero-order valence-electron chi connectivity index (χ0n) is 27.5. The third-order valence-corrected chi connectivity index (χ3v) is 10.0. The van der Waals surface area contributed by atoms with Crippen molar-refractivity contribution in [3.63, 3.8) is 0 Å². The van der Waals surface area contributed by atoms with E-state index in [2.05, 4.69) is 109 Å². The van der Waals surface area contributed by atoms with E-state index in [1.807, 2.05) is 72.8 Å². The Morgan fingerprint density at radius 1 is 0.392 bits per heavy atom. The number of fused-ring (bicyclic) bond motifs is 6. The van der Waals surface area contributed by atoms with Crippen LogP contribution in [-0.4, -0.2) is 9.97 Å². The number of rotatable bonds is 5. The van der Waals surface area contributed by atoms with E-state index in [4.69, 9.17) is 19.4 Å². The predicted octanol–water partition coefficient (Wildman–Crippen LogP) is 11.7. The number of aromatic nitrogens is 2. The lowest BCUT2D eigenvalue weighted by Gasteiger charge is -2.34. The van der Waals surface area contributed by atoms with Gasteiger partial charge in [-0.05, 0) is 58.1 Å². The molecule has 0 saturated carbocycles. The fourth-order valence-electron chi connectivity index (χ4n) is 7.79. The molecule has 2 aliphatic rings. The van der Waals surface area contributed by atoms with E-state index >= 15 is 0 Å². The highest BCUT2D eigenvalue weighted by molar-refractivity contribution is 5.92. The van der Waals surface area contributed by atoms with E-state index < -0.39 is 5.41 Å². The molecule has 240 valence electrons. The highest BCUT2D eigenvalue weighted by Crippen LogP contribution is 2.62. The van der Waals surface area contributed by atoms with Gasteiger partial charge in [-0.1, -0.05) is 152 Å². The predicted molar refractivity (Wildman–Crippen MR) is 202 cm³/mol. The second kappa shape index (κ2) is 11.7. The lowest BCUT2D eigenvalue weighted by molar-refractivity contribution is 0.360. The molecular weight excluding hydrogens is 625 g/mol. The lowest BCUT2D eigenvalue weighted by Crippen LogP contribution is -2.28. The van der Waals surface area contributed by atoms with Gasteiger partial charge in [-0.3, -0.25) is 0 Å². The molecule has 0 N–H and O–H groups in total. The van der Waals surface area contributed by atoms with Crippen LogP contribution in [0.2, 0.25) is 0 Å². The Morgan fingerprint density at radius 2 is 0.961 bits per heavy atom. The van der Waals surface area contributed by atoms with Crippen LogP contribution in [0.25, 0.3) is 45.0 Å². The zero-order chi connectivity index (χ0) is 33.8. The maximum absolute atomic E-state index is 6.97. The largest absolute Gasteiger partial charge is 0.449 e. The SMILES string of the molecule is c1ccc(-c2cc(-c3ccc4c(c3)Oc3c(ccc5c3-c3ccccc3C5(c3ccccc3)c3ccccc3)O4)nc(-c3ccccc3)n2)cc1. The number of hydrogen-bond donors (Lipinski definition) is 0. The van der Waals surface area contributed by atoms with Crippen LogP contribution in [0.3, 0.4) is 0 Å². The molecule has 8 aromatic rings. The molecule has 0 saturated heterocycles. The minimum Gasteiger partial charge on any atom is -0.449 e. The summed E-state index contributed by atoms with van der Waals surface area (Å²) in [5, 5.41) is 0. The molecule has 0 atom stereocenters. The first kappa shape index (κ1) is 29.2. The van der Waals surface area contributed by atoms with Crippen molar-refractivity contribution in [2.75, 3.05) is 0 Å². The molecule has 1 aliphatic carbocycles. The molecule has 4 nitrogen and oxygen atoms in total. The van der Waals surface area contributed by atoms with Gasteiger partial charge >= 0.3 is 0 Å². The van der Waals surface area contributed by atoms with Crippen LogP contribution in [0.1, 0.15) is 22.3 Å². The summed E-state index contributed by atoms with van der Waals surface area (Å²) in [6.07, 6.45) is 0. The molecule has 10 rings (SSSR count). The van der Waals surface area contributed by atoms with E-state index in [9.17, 15) is 0 Å². The topological polar surface area (TPSA) is 44.2 Å². The van der Waals surface area contributed by atoms with E-state index in [1.54, 1.807) is 0 Å². The van der Waals surface area contributed by atoms with Gasteiger partial charge in [0.25, 0.3) is 0 Å². The summed E-state index contributed by atoms with van der Waals surface area (Å²) in [4.78, 5) is 10.0. The fraction of sp³-hybridized carbons (Fsp3) is 0.0213. The van der Waals surface area contributed by atoms with Crippen LogP contribution in [0.5, 0.6) is 23.0 Å². The molecule has 0 spiro atoms. The molecule has 0 bridgehead atoms. The van der Waals surface area contributed by atoms with Gasteiger partial charge in [0.2, 0.25) is 0 Å². The molecule has 1 aromatic heterocycles. The first-order valence-electron chi connectivity index (χ1n) is 17.2. The van der Waals surface area contributed by atoms with Gasteiger partial charge < -0.3 is 9.47 Å². The van der Waals surface area contributed by atoms with E-state index in [-0.39, 0.29) is 0 Å². The van der Waals surface area contributed by atoms with Crippen molar-refractivity contribution in [3.8, 4) is 68.0 Å². The summed E-state index contributed by atoms with van der Waals surface area (Å²) < 4.78 is 13.6. The Bertz CT molecular complexity index is 2470. The maximum Gasteiger partial charge on any atom is 0.178 e.